The van der Waals surface area contributed by atoms with Crippen LogP contribution < -0.4 is 4.74 Å². The first kappa shape index (κ1) is 10.8. The molecule has 0 bridgehead atoms. The SMILES string of the molecule is CCC1CC1(O)c1ccc(Cl)cc1OC. The lowest BCUT2D eigenvalue weighted by atomic mass is 10.0. The summed E-state index contributed by atoms with van der Waals surface area (Å²) in [7, 11) is 1.60. The van der Waals surface area contributed by atoms with E-state index in [0.717, 1.165) is 18.4 Å². The predicted molar refractivity (Wildman–Crippen MR) is 60.3 cm³/mol. The highest BCUT2D eigenvalue weighted by Crippen LogP contribution is 2.56. The summed E-state index contributed by atoms with van der Waals surface area (Å²) in [5, 5.41) is 11.0. The van der Waals surface area contributed by atoms with Crippen molar-refractivity contribution in [3.63, 3.8) is 0 Å². The number of aliphatic hydroxyl groups is 1. The Balaban J connectivity index is 2.37. The Hall–Kier alpha value is -0.730. The van der Waals surface area contributed by atoms with Crippen molar-refractivity contribution in [2.45, 2.75) is 25.4 Å². The van der Waals surface area contributed by atoms with Gasteiger partial charge in [0.15, 0.2) is 0 Å². The van der Waals surface area contributed by atoms with Crippen LogP contribution in [-0.2, 0) is 5.60 Å². The standard InChI is InChI=1S/C12H15ClO2/c1-3-8-7-12(8,14)10-5-4-9(13)6-11(10)15-2/h4-6,8,14H,3,7H2,1-2H3. The number of halogens is 1. The molecule has 2 atom stereocenters. The number of methoxy groups -OCH3 is 1. The predicted octanol–water partition coefficient (Wildman–Crippen LogP) is 2.97. The fourth-order valence-corrected chi connectivity index (χ4v) is 2.31. The first-order chi connectivity index (χ1) is 7.11. The van der Waals surface area contributed by atoms with E-state index in [-0.39, 0.29) is 0 Å². The van der Waals surface area contributed by atoms with E-state index in [4.69, 9.17) is 16.3 Å². The Morgan fingerprint density at radius 1 is 1.60 bits per heavy atom. The van der Waals surface area contributed by atoms with Crippen molar-refractivity contribution in [2.75, 3.05) is 7.11 Å². The summed E-state index contributed by atoms with van der Waals surface area (Å²) in [6.07, 6.45) is 1.81. The second-order valence-corrected chi connectivity index (χ2v) is 4.51. The van der Waals surface area contributed by atoms with E-state index in [1.54, 1.807) is 19.2 Å². The Labute approximate surface area is 94.8 Å². The first-order valence-electron chi connectivity index (χ1n) is 5.18. The first-order valence-corrected chi connectivity index (χ1v) is 5.56. The van der Waals surface area contributed by atoms with Crippen LogP contribution in [0.5, 0.6) is 5.75 Å². The van der Waals surface area contributed by atoms with Gasteiger partial charge in [0.05, 0.1) is 12.7 Å². The number of ether oxygens (including phenoxy) is 1. The van der Waals surface area contributed by atoms with Crippen molar-refractivity contribution in [3.8, 4) is 5.75 Å². The van der Waals surface area contributed by atoms with Crippen molar-refractivity contribution in [2.24, 2.45) is 5.92 Å². The molecule has 15 heavy (non-hydrogen) atoms. The van der Waals surface area contributed by atoms with Gasteiger partial charge in [-0.1, -0.05) is 31.0 Å². The molecule has 1 fully saturated rings. The van der Waals surface area contributed by atoms with Crippen LogP contribution in [0.3, 0.4) is 0 Å². The van der Waals surface area contributed by atoms with E-state index in [0.29, 0.717) is 16.7 Å². The van der Waals surface area contributed by atoms with Gasteiger partial charge in [0.25, 0.3) is 0 Å². The van der Waals surface area contributed by atoms with Gasteiger partial charge in [0.1, 0.15) is 5.75 Å². The summed E-state index contributed by atoms with van der Waals surface area (Å²) >= 11 is 5.87. The Morgan fingerprint density at radius 3 is 2.87 bits per heavy atom. The smallest absolute Gasteiger partial charge is 0.126 e. The molecule has 1 aliphatic carbocycles. The number of hydrogen-bond acceptors (Lipinski definition) is 2. The van der Waals surface area contributed by atoms with E-state index < -0.39 is 5.60 Å². The molecule has 0 heterocycles. The van der Waals surface area contributed by atoms with Crippen molar-refractivity contribution in [1.29, 1.82) is 0 Å². The zero-order valence-electron chi connectivity index (χ0n) is 8.96. The third-order valence-electron chi connectivity index (χ3n) is 3.20. The van der Waals surface area contributed by atoms with E-state index in [1.165, 1.54) is 0 Å². The summed E-state index contributed by atoms with van der Waals surface area (Å²) < 4.78 is 5.24. The molecule has 1 aromatic rings. The molecule has 1 aliphatic rings. The Kier molecular flexibility index (Phi) is 2.65. The molecule has 0 radical (unpaired) electrons. The summed E-state index contributed by atoms with van der Waals surface area (Å²) in [6, 6.07) is 5.40. The third-order valence-corrected chi connectivity index (χ3v) is 3.43. The molecule has 0 aliphatic heterocycles. The minimum atomic E-state index is -0.690. The van der Waals surface area contributed by atoms with Crippen LogP contribution in [0.1, 0.15) is 25.3 Å². The molecular formula is C12H15ClO2. The Bertz CT molecular complexity index is 378. The summed E-state index contributed by atoms with van der Waals surface area (Å²) in [5.41, 5.74) is 0.172. The maximum atomic E-state index is 10.3. The number of benzene rings is 1. The minimum Gasteiger partial charge on any atom is -0.496 e. The second-order valence-electron chi connectivity index (χ2n) is 4.08. The molecule has 2 nitrogen and oxygen atoms in total. The molecular weight excluding hydrogens is 212 g/mol. The molecule has 2 unspecified atom stereocenters. The van der Waals surface area contributed by atoms with Crippen molar-refractivity contribution in [1.82, 2.24) is 0 Å². The van der Waals surface area contributed by atoms with Crippen molar-refractivity contribution >= 4 is 11.6 Å². The van der Waals surface area contributed by atoms with Gasteiger partial charge in [-0.3, -0.25) is 0 Å². The zero-order chi connectivity index (χ0) is 11.1. The van der Waals surface area contributed by atoms with Crippen LogP contribution in [0.15, 0.2) is 18.2 Å². The maximum Gasteiger partial charge on any atom is 0.126 e. The average molecular weight is 227 g/mol. The molecule has 1 N–H and O–H groups in total. The fourth-order valence-electron chi connectivity index (χ4n) is 2.15. The van der Waals surface area contributed by atoms with Crippen LogP contribution in [-0.4, -0.2) is 12.2 Å². The van der Waals surface area contributed by atoms with Gasteiger partial charge >= 0.3 is 0 Å². The van der Waals surface area contributed by atoms with Crippen LogP contribution in [0, 0.1) is 5.92 Å². The average Bonchev–Trinajstić information content (AvgIpc) is 2.90. The highest BCUT2D eigenvalue weighted by atomic mass is 35.5. The van der Waals surface area contributed by atoms with Gasteiger partial charge in [-0.2, -0.15) is 0 Å². The molecule has 2 rings (SSSR count). The van der Waals surface area contributed by atoms with E-state index in [1.807, 2.05) is 6.07 Å². The van der Waals surface area contributed by atoms with Crippen molar-refractivity contribution < 1.29 is 9.84 Å². The summed E-state index contributed by atoms with van der Waals surface area (Å²) in [5.74, 6) is 1.04. The van der Waals surface area contributed by atoms with Crippen molar-refractivity contribution in [3.05, 3.63) is 28.8 Å². The number of hydrogen-bond donors (Lipinski definition) is 1. The number of rotatable bonds is 3. The van der Waals surface area contributed by atoms with Gasteiger partial charge in [0.2, 0.25) is 0 Å². The molecule has 0 spiro atoms. The van der Waals surface area contributed by atoms with Gasteiger partial charge in [-0.15, -0.1) is 0 Å². The third kappa shape index (κ3) is 1.72. The highest BCUT2D eigenvalue weighted by Gasteiger charge is 2.54. The normalized spacial score (nSPS) is 28.9. The van der Waals surface area contributed by atoms with Gasteiger partial charge in [-0.05, 0) is 24.5 Å². The topological polar surface area (TPSA) is 29.5 Å². The maximum absolute atomic E-state index is 10.3. The molecule has 1 aromatic carbocycles. The molecule has 3 heteroatoms. The summed E-state index contributed by atoms with van der Waals surface area (Å²) in [6.45, 7) is 2.09. The lowest BCUT2D eigenvalue weighted by Gasteiger charge is -2.15. The van der Waals surface area contributed by atoms with E-state index >= 15 is 0 Å². The molecule has 0 saturated heterocycles. The van der Waals surface area contributed by atoms with Gasteiger partial charge in [0, 0.05) is 10.6 Å². The van der Waals surface area contributed by atoms with Crippen LogP contribution in [0.4, 0.5) is 0 Å². The lowest BCUT2D eigenvalue weighted by Crippen LogP contribution is -2.10. The van der Waals surface area contributed by atoms with Crippen LogP contribution in [0.2, 0.25) is 5.02 Å². The van der Waals surface area contributed by atoms with Gasteiger partial charge in [-0.25, -0.2) is 0 Å². The largest absolute Gasteiger partial charge is 0.496 e. The van der Waals surface area contributed by atoms with E-state index in [9.17, 15) is 5.11 Å². The minimum absolute atomic E-state index is 0.354. The molecule has 1 saturated carbocycles. The van der Waals surface area contributed by atoms with E-state index in [2.05, 4.69) is 6.92 Å². The Morgan fingerprint density at radius 2 is 2.33 bits per heavy atom. The molecule has 82 valence electrons. The highest BCUT2D eigenvalue weighted by molar-refractivity contribution is 6.30. The monoisotopic (exact) mass is 226 g/mol. The fraction of sp³-hybridized carbons (Fsp3) is 0.500. The zero-order valence-corrected chi connectivity index (χ0v) is 9.71. The quantitative estimate of drug-likeness (QED) is 0.859. The second kappa shape index (κ2) is 3.69. The lowest BCUT2D eigenvalue weighted by molar-refractivity contribution is 0.127. The van der Waals surface area contributed by atoms with Gasteiger partial charge < -0.3 is 9.84 Å². The molecule has 0 aromatic heterocycles. The van der Waals surface area contributed by atoms with Crippen LogP contribution >= 0.6 is 11.6 Å². The molecule has 0 amide bonds. The van der Waals surface area contributed by atoms with Crippen LogP contribution in [0.25, 0.3) is 0 Å². The summed E-state index contributed by atoms with van der Waals surface area (Å²) in [4.78, 5) is 0.